The number of esters is 1. The minimum absolute atomic E-state index is 0.225. The van der Waals surface area contributed by atoms with Crippen LogP contribution >= 0.6 is 0 Å². The first-order chi connectivity index (χ1) is 9.69. The molecule has 0 atom stereocenters. The van der Waals surface area contributed by atoms with Crippen LogP contribution in [0.15, 0.2) is 12.1 Å². The summed E-state index contributed by atoms with van der Waals surface area (Å²) in [6.45, 7) is 6.51. The second-order valence-electron chi connectivity index (χ2n) is 5.25. The molecule has 1 aromatic heterocycles. The minimum atomic E-state index is -0.466. The Balaban J connectivity index is 1.73. The number of anilines is 1. The third-order valence-corrected chi connectivity index (χ3v) is 3.67. The normalized spacial score (nSPS) is 16.9. The summed E-state index contributed by atoms with van der Waals surface area (Å²) in [4.78, 5) is 13.7. The molecule has 1 fully saturated rings. The fourth-order valence-electron chi connectivity index (χ4n) is 2.27. The van der Waals surface area contributed by atoms with Crippen LogP contribution in [0.4, 0.5) is 5.82 Å². The minimum Gasteiger partial charge on any atom is -0.464 e. The van der Waals surface area contributed by atoms with Gasteiger partial charge in [0, 0.05) is 13.1 Å². The Morgan fingerprint density at radius 2 is 2.15 bits per heavy atom. The monoisotopic (exact) mass is 278 g/mol. The van der Waals surface area contributed by atoms with Crippen molar-refractivity contribution in [3.8, 4) is 0 Å². The van der Waals surface area contributed by atoms with Crippen LogP contribution in [0, 0.1) is 5.92 Å². The van der Waals surface area contributed by atoms with Crippen molar-refractivity contribution in [3.63, 3.8) is 0 Å². The van der Waals surface area contributed by atoms with Gasteiger partial charge in [-0.1, -0.05) is 6.92 Å². The van der Waals surface area contributed by atoms with E-state index in [0.29, 0.717) is 5.82 Å². The number of ether oxygens (including phenoxy) is 1. The van der Waals surface area contributed by atoms with Crippen LogP contribution in [-0.2, 0) is 4.74 Å². The summed E-state index contributed by atoms with van der Waals surface area (Å²) in [5.41, 5.74) is 0.225. The molecule has 0 aromatic carbocycles. The van der Waals surface area contributed by atoms with Crippen LogP contribution in [0.25, 0.3) is 0 Å². The van der Waals surface area contributed by atoms with E-state index in [4.69, 9.17) is 0 Å². The van der Waals surface area contributed by atoms with Crippen LogP contribution in [0.3, 0.4) is 0 Å². The molecule has 0 unspecified atom stereocenters. The van der Waals surface area contributed by atoms with E-state index in [1.807, 2.05) is 0 Å². The maximum absolute atomic E-state index is 11.2. The number of piperidine rings is 1. The fraction of sp³-hybridized carbons (Fsp3) is 0.643. The van der Waals surface area contributed by atoms with Crippen molar-refractivity contribution in [2.24, 2.45) is 5.92 Å². The number of likely N-dealkylation sites (tertiary alicyclic amines) is 1. The van der Waals surface area contributed by atoms with Crippen molar-refractivity contribution in [1.29, 1.82) is 0 Å². The molecule has 2 rings (SSSR count). The summed E-state index contributed by atoms with van der Waals surface area (Å²) in [6, 6.07) is 3.36. The topological polar surface area (TPSA) is 67.3 Å². The summed E-state index contributed by atoms with van der Waals surface area (Å²) >= 11 is 0. The Morgan fingerprint density at radius 3 is 2.75 bits per heavy atom. The van der Waals surface area contributed by atoms with Crippen LogP contribution in [0.2, 0.25) is 0 Å². The first-order valence-corrected chi connectivity index (χ1v) is 7.07. The van der Waals surface area contributed by atoms with E-state index in [-0.39, 0.29) is 5.69 Å². The molecule has 0 aliphatic carbocycles. The summed E-state index contributed by atoms with van der Waals surface area (Å²) < 4.78 is 4.58. The van der Waals surface area contributed by atoms with Gasteiger partial charge < -0.3 is 15.0 Å². The summed E-state index contributed by atoms with van der Waals surface area (Å²) in [5.74, 6) is 1.07. The van der Waals surface area contributed by atoms with Gasteiger partial charge in [-0.3, -0.25) is 0 Å². The smallest absolute Gasteiger partial charge is 0.358 e. The van der Waals surface area contributed by atoms with Crippen molar-refractivity contribution >= 4 is 11.8 Å². The number of rotatable bonds is 5. The van der Waals surface area contributed by atoms with Crippen molar-refractivity contribution < 1.29 is 9.53 Å². The van der Waals surface area contributed by atoms with Gasteiger partial charge in [-0.05, 0) is 44.0 Å². The molecule has 1 aliphatic heterocycles. The van der Waals surface area contributed by atoms with Crippen LogP contribution in [0.5, 0.6) is 0 Å². The maximum atomic E-state index is 11.2. The second kappa shape index (κ2) is 7.19. The van der Waals surface area contributed by atoms with E-state index < -0.39 is 5.97 Å². The average Bonchev–Trinajstić information content (AvgIpc) is 2.49. The van der Waals surface area contributed by atoms with Gasteiger partial charge in [0.2, 0.25) is 0 Å². The van der Waals surface area contributed by atoms with E-state index in [2.05, 4.69) is 32.1 Å². The summed E-state index contributed by atoms with van der Waals surface area (Å²) in [7, 11) is 1.33. The molecule has 2 heterocycles. The zero-order chi connectivity index (χ0) is 14.4. The number of nitrogens with zero attached hydrogens (tertiary/aromatic N) is 3. The number of carbonyl (C=O) groups excluding carboxylic acids is 1. The van der Waals surface area contributed by atoms with E-state index in [9.17, 15) is 4.79 Å². The van der Waals surface area contributed by atoms with Gasteiger partial charge >= 0.3 is 5.97 Å². The highest BCUT2D eigenvalue weighted by Crippen LogP contribution is 2.15. The first kappa shape index (κ1) is 14.7. The molecule has 20 heavy (non-hydrogen) atoms. The molecule has 1 aromatic rings. The second-order valence-corrected chi connectivity index (χ2v) is 5.25. The highest BCUT2D eigenvalue weighted by Gasteiger charge is 2.14. The molecule has 6 nitrogen and oxygen atoms in total. The molecule has 110 valence electrons. The SMILES string of the molecule is COC(=O)c1ccc(NCCN2CCC(C)CC2)nn1. The zero-order valence-corrected chi connectivity index (χ0v) is 12.1. The van der Waals surface area contributed by atoms with E-state index in [0.717, 1.165) is 19.0 Å². The van der Waals surface area contributed by atoms with Gasteiger partial charge in [-0.25, -0.2) is 4.79 Å². The van der Waals surface area contributed by atoms with Gasteiger partial charge in [0.15, 0.2) is 5.69 Å². The molecule has 0 radical (unpaired) electrons. The predicted octanol–water partition coefficient (Wildman–Crippen LogP) is 1.41. The fourth-order valence-corrected chi connectivity index (χ4v) is 2.27. The van der Waals surface area contributed by atoms with Crippen molar-refractivity contribution in [1.82, 2.24) is 15.1 Å². The van der Waals surface area contributed by atoms with Gasteiger partial charge in [0.05, 0.1) is 7.11 Å². The highest BCUT2D eigenvalue weighted by molar-refractivity contribution is 5.86. The maximum Gasteiger partial charge on any atom is 0.358 e. The van der Waals surface area contributed by atoms with Crippen molar-refractivity contribution in [2.45, 2.75) is 19.8 Å². The lowest BCUT2D eigenvalue weighted by Gasteiger charge is -2.30. The number of aromatic nitrogens is 2. The van der Waals surface area contributed by atoms with Crippen LogP contribution in [0.1, 0.15) is 30.3 Å². The van der Waals surface area contributed by atoms with E-state index in [1.165, 1.54) is 33.0 Å². The highest BCUT2D eigenvalue weighted by atomic mass is 16.5. The molecule has 1 N–H and O–H groups in total. The van der Waals surface area contributed by atoms with Crippen molar-refractivity contribution in [2.75, 3.05) is 38.6 Å². The molecule has 0 saturated carbocycles. The van der Waals surface area contributed by atoms with Gasteiger partial charge in [0.1, 0.15) is 5.82 Å². The molecule has 1 aliphatic rings. The first-order valence-electron chi connectivity index (χ1n) is 7.07. The molecular formula is C14H22N4O2. The molecular weight excluding hydrogens is 256 g/mol. The summed E-state index contributed by atoms with van der Waals surface area (Å²) in [6.07, 6.45) is 2.57. The number of carbonyl (C=O) groups is 1. The number of nitrogens with one attached hydrogen (secondary N) is 1. The van der Waals surface area contributed by atoms with E-state index >= 15 is 0 Å². The third kappa shape index (κ3) is 4.16. The Bertz CT molecular complexity index is 427. The molecule has 0 bridgehead atoms. The molecule has 0 amide bonds. The lowest BCUT2D eigenvalue weighted by atomic mass is 9.99. The van der Waals surface area contributed by atoms with Crippen LogP contribution < -0.4 is 5.32 Å². The summed E-state index contributed by atoms with van der Waals surface area (Å²) in [5, 5.41) is 11.0. The molecule has 6 heteroatoms. The van der Waals surface area contributed by atoms with Crippen molar-refractivity contribution in [3.05, 3.63) is 17.8 Å². The quantitative estimate of drug-likeness (QED) is 0.821. The van der Waals surface area contributed by atoms with Crippen LogP contribution in [-0.4, -0.2) is 54.4 Å². The lowest BCUT2D eigenvalue weighted by molar-refractivity contribution is 0.0593. The Kier molecular flexibility index (Phi) is 5.29. The van der Waals surface area contributed by atoms with Gasteiger partial charge in [0.25, 0.3) is 0 Å². The Labute approximate surface area is 119 Å². The molecule has 1 saturated heterocycles. The number of methoxy groups -OCH3 is 1. The zero-order valence-electron chi connectivity index (χ0n) is 12.1. The molecule has 0 spiro atoms. The number of hydrogen-bond donors (Lipinski definition) is 1. The standard InChI is InChI=1S/C14H22N4O2/c1-11-5-8-18(9-6-11)10-7-15-13-4-3-12(16-17-13)14(19)20-2/h3-4,11H,5-10H2,1-2H3,(H,15,17). The Morgan fingerprint density at radius 1 is 1.40 bits per heavy atom. The lowest BCUT2D eigenvalue weighted by Crippen LogP contribution is -2.36. The average molecular weight is 278 g/mol. The number of hydrogen-bond acceptors (Lipinski definition) is 6. The largest absolute Gasteiger partial charge is 0.464 e. The van der Waals surface area contributed by atoms with Gasteiger partial charge in [-0.15, -0.1) is 10.2 Å². The van der Waals surface area contributed by atoms with E-state index in [1.54, 1.807) is 12.1 Å². The van der Waals surface area contributed by atoms with Gasteiger partial charge in [-0.2, -0.15) is 0 Å². The Hall–Kier alpha value is -1.69. The third-order valence-electron chi connectivity index (χ3n) is 3.67. The predicted molar refractivity (Wildman–Crippen MR) is 76.7 cm³/mol.